The van der Waals surface area contributed by atoms with Crippen LogP contribution in [-0.2, 0) is 20.9 Å². The summed E-state index contributed by atoms with van der Waals surface area (Å²) < 4.78 is 4.97. The van der Waals surface area contributed by atoms with E-state index in [-0.39, 0.29) is 13.0 Å². The molecule has 0 saturated heterocycles. The molecule has 0 aromatic heterocycles. The highest BCUT2D eigenvalue weighted by atomic mass is 79.9. The third kappa shape index (κ3) is 4.44. The molecule has 2 N–H and O–H groups in total. The van der Waals surface area contributed by atoms with E-state index in [0.29, 0.717) is 0 Å². The van der Waals surface area contributed by atoms with Crippen LogP contribution in [-0.4, -0.2) is 16.7 Å². The zero-order valence-corrected chi connectivity index (χ0v) is 10.1. The molecule has 5 heteroatoms. The summed E-state index contributed by atoms with van der Waals surface area (Å²) in [5, 5.41) is 0. The maximum absolute atomic E-state index is 11.3. The molecule has 0 spiro atoms. The van der Waals surface area contributed by atoms with Gasteiger partial charge in [0.2, 0.25) is 5.91 Å². The topological polar surface area (TPSA) is 69.4 Å². The molecule has 0 radical (unpaired) electrons. The highest BCUT2D eigenvalue weighted by Crippen LogP contribution is 2.07. The minimum atomic E-state index is -0.671. The Kier molecular flexibility index (Phi) is 4.98. The van der Waals surface area contributed by atoms with Crippen molar-refractivity contribution < 1.29 is 14.3 Å². The second-order valence-corrected chi connectivity index (χ2v) is 4.33. The van der Waals surface area contributed by atoms with Crippen LogP contribution in [0.1, 0.15) is 12.0 Å². The molecule has 1 rings (SSSR count). The summed E-state index contributed by atoms with van der Waals surface area (Å²) in [7, 11) is 0. The number of halogens is 1. The van der Waals surface area contributed by atoms with Gasteiger partial charge in [0.15, 0.2) is 0 Å². The van der Waals surface area contributed by atoms with Crippen LogP contribution in [0.4, 0.5) is 0 Å². The van der Waals surface area contributed by atoms with Crippen LogP contribution < -0.4 is 5.73 Å². The van der Waals surface area contributed by atoms with E-state index < -0.39 is 16.7 Å². The number of hydrogen-bond donors (Lipinski definition) is 1. The predicted molar refractivity (Wildman–Crippen MR) is 62.8 cm³/mol. The van der Waals surface area contributed by atoms with E-state index in [1.165, 1.54) is 0 Å². The molecule has 1 atom stereocenters. The molecule has 0 heterocycles. The number of benzene rings is 1. The summed E-state index contributed by atoms with van der Waals surface area (Å²) in [5.41, 5.74) is 5.90. The van der Waals surface area contributed by atoms with Gasteiger partial charge in [0.1, 0.15) is 11.4 Å². The average Bonchev–Trinajstić information content (AvgIpc) is 2.27. The molecule has 0 aliphatic heterocycles. The smallest absolute Gasteiger partial charge is 0.307 e. The van der Waals surface area contributed by atoms with Gasteiger partial charge in [-0.05, 0) is 5.56 Å². The zero-order valence-electron chi connectivity index (χ0n) is 8.56. The van der Waals surface area contributed by atoms with Gasteiger partial charge in [-0.15, -0.1) is 0 Å². The summed E-state index contributed by atoms with van der Waals surface area (Å²) in [5.74, 6) is -1.03. The summed E-state index contributed by atoms with van der Waals surface area (Å²) in [6.45, 7) is 0.207. The SMILES string of the molecule is NC(=O)C(Br)CC(=O)OCc1ccccc1. The molecule has 1 aromatic carbocycles. The lowest BCUT2D eigenvalue weighted by atomic mass is 10.2. The fourth-order valence-corrected chi connectivity index (χ4v) is 1.31. The Labute approximate surface area is 102 Å². The third-order valence-electron chi connectivity index (χ3n) is 1.90. The Hall–Kier alpha value is -1.36. The molecule has 0 aliphatic rings. The number of hydrogen-bond acceptors (Lipinski definition) is 3. The molecule has 0 saturated carbocycles. The number of rotatable bonds is 5. The van der Waals surface area contributed by atoms with E-state index in [0.717, 1.165) is 5.56 Å². The standard InChI is InChI=1S/C11H12BrNO3/c12-9(11(13)15)6-10(14)16-7-8-4-2-1-3-5-8/h1-5,9H,6-7H2,(H2,13,15). The van der Waals surface area contributed by atoms with Crippen LogP contribution in [0.25, 0.3) is 0 Å². The number of primary amides is 1. The Morgan fingerprint density at radius 3 is 2.50 bits per heavy atom. The van der Waals surface area contributed by atoms with Gasteiger partial charge in [0, 0.05) is 0 Å². The van der Waals surface area contributed by atoms with Crippen molar-refractivity contribution in [3.05, 3.63) is 35.9 Å². The first-order chi connectivity index (χ1) is 7.59. The Morgan fingerprint density at radius 2 is 1.94 bits per heavy atom. The van der Waals surface area contributed by atoms with Crippen molar-refractivity contribution in [2.45, 2.75) is 17.9 Å². The summed E-state index contributed by atoms with van der Waals surface area (Å²) in [6, 6.07) is 9.31. The fourth-order valence-electron chi connectivity index (χ4n) is 1.04. The lowest BCUT2D eigenvalue weighted by Crippen LogP contribution is -2.26. The van der Waals surface area contributed by atoms with Crippen molar-refractivity contribution >= 4 is 27.8 Å². The molecule has 16 heavy (non-hydrogen) atoms. The van der Waals surface area contributed by atoms with E-state index in [2.05, 4.69) is 15.9 Å². The monoisotopic (exact) mass is 285 g/mol. The molecule has 1 unspecified atom stereocenters. The van der Waals surface area contributed by atoms with Crippen LogP contribution in [0.3, 0.4) is 0 Å². The highest BCUT2D eigenvalue weighted by Gasteiger charge is 2.16. The molecule has 0 bridgehead atoms. The van der Waals surface area contributed by atoms with Crippen LogP contribution in [0.5, 0.6) is 0 Å². The van der Waals surface area contributed by atoms with Crippen LogP contribution >= 0.6 is 15.9 Å². The quantitative estimate of drug-likeness (QED) is 0.656. The summed E-state index contributed by atoms with van der Waals surface area (Å²) >= 11 is 2.99. The summed E-state index contributed by atoms with van der Waals surface area (Å²) in [4.78, 5) is 21.3. The highest BCUT2D eigenvalue weighted by molar-refractivity contribution is 9.10. The lowest BCUT2D eigenvalue weighted by molar-refractivity contribution is -0.145. The van der Waals surface area contributed by atoms with Gasteiger partial charge in [-0.1, -0.05) is 46.3 Å². The lowest BCUT2D eigenvalue weighted by Gasteiger charge is -2.06. The van der Waals surface area contributed by atoms with E-state index in [9.17, 15) is 9.59 Å². The van der Waals surface area contributed by atoms with Gasteiger partial charge in [0.05, 0.1) is 6.42 Å². The van der Waals surface area contributed by atoms with Crippen molar-refractivity contribution in [2.75, 3.05) is 0 Å². The van der Waals surface area contributed by atoms with Gasteiger partial charge in [-0.2, -0.15) is 0 Å². The van der Waals surface area contributed by atoms with Crippen LogP contribution in [0.2, 0.25) is 0 Å². The molecule has 1 amide bonds. The second kappa shape index (κ2) is 6.27. The largest absolute Gasteiger partial charge is 0.461 e. The number of esters is 1. The molecule has 86 valence electrons. The first kappa shape index (κ1) is 12.7. The number of ether oxygens (including phenoxy) is 1. The molecule has 1 aromatic rings. The minimum absolute atomic E-state index is 0.0534. The Balaban J connectivity index is 2.33. The Bertz CT molecular complexity index is 367. The molecular formula is C11H12BrNO3. The predicted octanol–water partition coefficient (Wildman–Crippen LogP) is 1.37. The minimum Gasteiger partial charge on any atom is -0.461 e. The maximum atomic E-state index is 11.3. The first-order valence-electron chi connectivity index (χ1n) is 4.72. The van der Waals surface area contributed by atoms with Crippen molar-refractivity contribution in [3.8, 4) is 0 Å². The van der Waals surface area contributed by atoms with Gasteiger partial charge in [-0.3, -0.25) is 9.59 Å². The number of nitrogens with two attached hydrogens (primary N) is 1. The fraction of sp³-hybridized carbons (Fsp3) is 0.273. The molecular weight excluding hydrogens is 274 g/mol. The number of carbonyl (C=O) groups is 2. The van der Waals surface area contributed by atoms with Gasteiger partial charge in [-0.25, -0.2) is 0 Å². The van der Waals surface area contributed by atoms with Crippen molar-refractivity contribution in [1.82, 2.24) is 0 Å². The van der Waals surface area contributed by atoms with Gasteiger partial charge in [0.25, 0.3) is 0 Å². The second-order valence-electron chi connectivity index (χ2n) is 3.22. The molecule has 0 aliphatic carbocycles. The number of alkyl halides is 1. The van der Waals surface area contributed by atoms with Gasteiger partial charge >= 0.3 is 5.97 Å². The zero-order chi connectivity index (χ0) is 12.0. The first-order valence-corrected chi connectivity index (χ1v) is 5.64. The summed E-state index contributed by atoms with van der Waals surface area (Å²) in [6.07, 6.45) is -0.0534. The van der Waals surface area contributed by atoms with E-state index in [4.69, 9.17) is 10.5 Å². The Morgan fingerprint density at radius 1 is 1.31 bits per heavy atom. The molecule has 4 nitrogen and oxygen atoms in total. The van der Waals surface area contributed by atoms with Gasteiger partial charge < -0.3 is 10.5 Å². The van der Waals surface area contributed by atoms with E-state index in [1.807, 2.05) is 30.3 Å². The normalized spacial score (nSPS) is 11.8. The van der Waals surface area contributed by atoms with Crippen molar-refractivity contribution in [1.29, 1.82) is 0 Å². The van der Waals surface area contributed by atoms with Crippen molar-refractivity contribution in [3.63, 3.8) is 0 Å². The average molecular weight is 286 g/mol. The van der Waals surface area contributed by atoms with E-state index >= 15 is 0 Å². The van der Waals surface area contributed by atoms with Crippen LogP contribution in [0.15, 0.2) is 30.3 Å². The maximum Gasteiger partial charge on any atom is 0.307 e. The number of carbonyl (C=O) groups excluding carboxylic acids is 2. The number of amides is 1. The van der Waals surface area contributed by atoms with Crippen LogP contribution in [0, 0.1) is 0 Å². The third-order valence-corrected chi connectivity index (χ3v) is 2.67. The molecule has 0 fully saturated rings. The van der Waals surface area contributed by atoms with Crippen molar-refractivity contribution in [2.24, 2.45) is 5.73 Å². The van der Waals surface area contributed by atoms with E-state index in [1.54, 1.807) is 0 Å².